The van der Waals surface area contributed by atoms with Gasteiger partial charge in [-0.05, 0) is 25.1 Å². The summed E-state index contributed by atoms with van der Waals surface area (Å²) in [4.78, 5) is 18.6. The molecule has 0 unspecified atom stereocenters. The van der Waals surface area contributed by atoms with Crippen LogP contribution in [0.25, 0.3) is 11.4 Å². The average Bonchev–Trinajstić information content (AvgIpc) is 3.31. The summed E-state index contributed by atoms with van der Waals surface area (Å²) in [6.45, 7) is 6.59. The van der Waals surface area contributed by atoms with E-state index in [4.69, 9.17) is 8.94 Å². The van der Waals surface area contributed by atoms with Crippen LogP contribution in [0.15, 0.2) is 64.3 Å². The molecule has 0 aliphatic heterocycles. The fourth-order valence-corrected chi connectivity index (χ4v) is 2.63. The SMILES string of the molecule is C=CCN(Cc1ccco1)C(=O)CCc1nc(-c2cccc(C)c2)no1. The minimum atomic E-state index is -0.0170. The Morgan fingerprint density at radius 1 is 1.31 bits per heavy atom. The quantitative estimate of drug-likeness (QED) is 0.577. The maximum absolute atomic E-state index is 12.5. The van der Waals surface area contributed by atoms with Crippen LogP contribution in [0.1, 0.15) is 23.6 Å². The number of aryl methyl sites for hydroxylation is 2. The third kappa shape index (κ3) is 4.47. The molecule has 3 rings (SSSR count). The highest BCUT2D eigenvalue weighted by atomic mass is 16.5. The standard InChI is InChI=1S/C20H21N3O3/c1-3-11-23(14-17-8-5-12-25-17)19(24)10-9-18-21-20(22-26-18)16-7-4-6-15(2)13-16/h3-8,12-13H,1,9-11,14H2,2H3. The molecule has 2 heterocycles. The minimum absolute atomic E-state index is 0.0170. The molecule has 26 heavy (non-hydrogen) atoms. The van der Waals surface area contributed by atoms with Gasteiger partial charge in [0.25, 0.3) is 0 Å². The van der Waals surface area contributed by atoms with E-state index in [2.05, 4.69) is 16.7 Å². The van der Waals surface area contributed by atoms with Crippen molar-refractivity contribution in [3.63, 3.8) is 0 Å². The van der Waals surface area contributed by atoms with Crippen molar-refractivity contribution >= 4 is 5.91 Å². The first-order valence-corrected chi connectivity index (χ1v) is 8.46. The number of hydrogen-bond donors (Lipinski definition) is 0. The predicted octanol–water partition coefficient (Wildman–Crippen LogP) is 3.79. The first-order chi connectivity index (χ1) is 12.7. The summed E-state index contributed by atoms with van der Waals surface area (Å²) in [5.74, 6) is 1.71. The van der Waals surface area contributed by atoms with Crippen molar-refractivity contribution in [1.82, 2.24) is 15.0 Å². The summed E-state index contributed by atoms with van der Waals surface area (Å²) in [5.41, 5.74) is 2.03. The molecule has 6 nitrogen and oxygen atoms in total. The molecular weight excluding hydrogens is 330 g/mol. The van der Waals surface area contributed by atoms with Gasteiger partial charge in [-0.3, -0.25) is 4.79 Å². The molecule has 0 spiro atoms. The lowest BCUT2D eigenvalue weighted by Crippen LogP contribution is -2.30. The lowest BCUT2D eigenvalue weighted by molar-refractivity contribution is -0.131. The molecule has 0 N–H and O–H groups in total. The van der Waals surface area contributed by atoms with E-state index < -0.39 is 0 Å². The van der Waals surface area contributed by atoms with Crippen LogP contribution >= 0.6 is 0 Å². The zero-order valence-electron chi connectivity index (χ0n) is 14.7. The summed E-state index contributed by atoms with van der Waals surface area (Å²) < 4.78 is 10.6. The molecule has 0 atom stereocenters. The van der Waals surface area contributed by atoms with Crippen molar-refractivity contribution in [2.75, 3.05) is 6.54 Å². The van der Waals surface area contributed by atoms with Crippen molar-refractivity contribution in [3.05, 3.63) is 72.5 Å². The van der Waals surface area contributed by atoms with Crippen LogP contribution in [0.3, 0.4) is 0 Å². The second kappa shape index (κ2) is 8.29. The van der Waals surface area contributed by atoms with E-state index in [9.17, 15) is 4.79 Å². The van der Waals surface area contributed by atoms with Crippen LogP contribution in [-0.4, -0.2) is 27.5 Å². The smallest absolute Gasteiger partial charge is 0.227 e. The Labute approximate surface area is 152 Å². The molecule has 0 saturated carbocycles. The minimum Gasteiger partial charge on any atom is -0.467 e. The van der Waals surface area contributed by atoms with Crippen LogP contribution in [0.2, 0.25) is 0 Å². The number of amides is 1. The Hall–Kier alpha value is -3.15. The van der Waals surface area contributed by atoms with E-state index in [1.165, 1.54) is 0 Å². The van der Waals surface area contributed by atoms with Gasteiger partial charge in [-0.25, -0.2) is 0 Å². The van der Waals surface area contributed by atoms with Gasteiger partial charge in [-0.15, -0.1) is 6.58 Å². The fraction of sp³-hybridized carbons (Fsp3) is 0.250. The normalized spacial score (nSPS) is 10.7. The van der Waals surface area contributed by atoms with Crippen molar-refractivity contribution in [2.24, 2.45) is 0 Å². The van der Waals surface area contributed by atoms with Gasteiger partial charge in [0, 0.05) is 24.9 Å². The summed E-state index contributed by atoms with van der Waals surface area (Å²) in [6, 6.07) is 11.5. The number of rotatable bonds is 8. The molecule has 6 heteroatoms. The van der Waals surface area contributed by atoms with Gasteiger partial charge >= 0.3 is 0 Å². The molecule has 0 radical (unpaired) electrons. The molecule has 0 saturated heterocycles. The lowest BCUT2D eigenvalue weighted by Gasteiger charge is -2.19. The Kier molecular flexibility index (Phi) is 5.63. The van der Waals surface area contributed by atoms with Gasteiger partial charge in [0.15, 0.2) is 0 Å². The van der Waals surface area contributed by atoms with Crippen molar-refractivity contribution in [3.8, 4) is 11.4 Å². The largest absolute Gasteiger partial charge is 0.467 e. The third-order valence-corrected chi connectivity index (χ3v) is 3.93. The number of nitrogens with zero attached hydrogens (tertiary/aromatic N) is 3. The number of benzene rings is 1. The fourth-order valence-electron chi connectivity index (χ4n) is 2.63. The van der Waals surface area contributed by atoms with Gasteiger partial charge in [0.1, 0.15) is 5.76 Å². The molecule has 2 aromatic heterocycles. The maximum Gasteiger partial charge on any atom is 0.227 e. The van der Waals surface area contributed by atoms with E-state index in [0.717, 1.165) is 16.9 Å². The van der Waals surface area contributed by atoms with E-state index in [0.29, 0.717) is 31.2 Å². The zero-order chi connectivity index (χ0) is 18.4. The third-order valence-electron chi connectivity index (χ3n) is 3.93. The Morgan fingerprint density at radius 2 is 2.19 bits per heavy atom. The Balaban J connectivity index is 1.60. The summed E-state index contributed by atoms with van der Waals surface area (Å²) in [5, 5.41) is 4.01. The summed E-state index contributed by atoms with van der Waals surface area (Å²) in [6.07, 6.45) is 3.97. The first-order valence-electron chi connectivity index (χ1n) is 8.46. The predicted molar refractivity (Wildman–Crippen MR) is 97.1 cm³/mol. The first kappa shape index (κ1) is 17.7. The number of hydrogen-bond acceptors (Lipinski definition) is 5. The number of furan rings is 1. The van der Waals surface area contributed by atoms with E-state index in [1.54, 1.807) is 23.3 Å². The molecule has 1 amide bonds. The number of carbonyl (C=O) groups excluding carboxylic acids is 1. The number of carbonyl (C=O) groups is 1. The molecular formula is C20H21N3O3. The molecule has 3 aromatic rings. The molecule has 0 fully saturated rings. The van der Waals surface area contributed by atoms with Gasteiger partial charge in [0.05, 0.1) is 12.8 Å². The second-order valence-electron chi connectivity index (χ2n) is 6.02. The highest BCUT2D eigenvalue weighted by Gasteiger charge is 2.16. The van der Waals surface area contributed by atoms with E-state index in [1.807, 2.05) is 37.3 Å². The van der Waals surface area contributed by atoms with Crippen molar-refractivity contribution < 1.29 is 13.7 Å². The molecule has 0 aliphatic carbocycles. The van der Waals surface area contributed by atoms with Gasteiger partial charge < -0.3 is 13.8 Å². The van der Waals surface area contributed by atoms with Crippen LogP contribution in [0.4, 0.5) is 0 Å². The van der Waals surface area contributed by atoms with Gasteiger partial charge in [-0.2, -0.15) is 4.98 Å². The van der Waals surface area contributed by atoms with Crippen molar-refractivity contribution in [1.29, 1.82) is 0 Å². The molecule has 134 valence electrons. The Bertz CT molecular complexity index is 868. The molecule has 0 bridgehead atoms. The van der Waals surface area contributed by atoms with Crippen LogP contribution in [0.5, 0.6) is 0 Å². The zero-order valence-corrected chi connectivity index (χ0v) is 14.7. The van der Waals surface area contributed by atoms with E-state index in [-0.39, 0.29) is 12.3 Å². The summed E-state index contributed by atoms with van der Waals surface area (Å²) >= 11 is 0. The highest BCUT2D eigenvalue weighted by Crippen LogP contribution is 2.17. The lowest BCUT2D eigenvalue weighted by atomic mass is 10.1. The summed E-state index contributed by atoms with van der Waals surface area (Å²) in [7, 11) is 0. The monoisotopic (exact) mass is 351 g/mol. The average molecular weight is 351 g/mol. The van der Waals surface area contributed by atoms with Crippen LogP contribution < -0.4 is 0 Å². The van der Waals surface area contributed by atoms with Gasteiger partial charge in [0.2, 0.25) is 17.6 Å². The van der Waals surface area contributed by atoms with Gasteiger partial charge in [-0.1, -0.05) is 35.0 Å². The molecule has 1 aromatic carbocycles. The van der Waals surface area contributed by atoms with Crippen LogP contribution in [0, 0.1) is 6.92 Å². The Morgan fingerprint density at radius 3 is 2.92 bits per heavy atom. The molecule has 0 aliphatic rings. The maximum atomic E-state index is 12.5. The van der Waals surface area contributed by atoms with E-state index >= 15 is 0 Å². The topological polar surface area (TPSA) is 72.4 Å². The highest BCUT2D eigenvalue weighted by molar-refractivity contribution is 5.76. The second-order valence-corrected chi connectivity index (χ2v) is 6.02. The van der Waals surface area contributed by atoms with Crippen molar-refractivity contribution in [2.45, 2.75) is 26.3 Å². The van der Waals surface area contributed by atoms with Crippen LogP contribution in [-0.2, 0) is 17.8 Å². The number of aromatic nitrogens is 2.